The van der Waals surface area contributed by atoms with Crippen molar-refractivity contribution in [2.24, 2.45) is 0 Å². The summed E-state index contributed by atoms with van der Waals surface area (Å²) in [6.07, 6.45) is 1.13. The average molecular weight is 304 g/mol. The van der Waals surface area contributed by atoms with Gasteiger partial charge in [0.1, 0.15) is 12.1 Å². The number of amides is 2. The summed E-state index contributed by atoms with van der Waals surface area (Å²) in [5.41, 5.74) is 2.01. The molecule has 0 aromatic heterocycles. The molecular formula is C16H20N2O4. The van der Waals surface area contributed by atoms with Gasteiger partial charge in [0, 0.05) is 12.8 Å². The average Bonchev–Trinajstić information content (AvgIpc) is 2.94. The molecule has 0 bridgehead atoms. The highest BCUT2D eigenvalue weighted by Crippen LogP contribution is 2.12. The molecule has 1 aliphatic rings. The number of hydrogen-bond acceptors (Lipinski definition) is 4. The van der Waals surface area contributed by atoms with Gasteiger partial charge in [0.15, 0.2) is 0 Å². The van der Waals surface area contributed by atoms with Gasteiger partial charge in [-0.05, 0) is 24.5 Å². The van der Waals surface area contributed by atoms with Crippen LogP contribution in [0.1, 0.15) is 24.0 Å². The lowest BCUT2D eigenvalue weighted by Crippen LogP contribution is -2.50. The molecule has 1 aromatic carbocycles. The lowest BCUT2D eigenvalue weighted by atomic mass is 10.0. The van der Waals surface area contributed by atoms with Gasteiger partial charge in [-0.25, -0.2) is 4.79 Å². The Balaban J connectivity index is 2.06. The van der Waals surface area contributed by atoms with Crippen LogP contribution in [0.5, 0.6) is 0 Å². The lowest BCUT2D eigenvalue weighted by molar-refractivity contribution is -0.145. The minimum Gasteiger partial charge on any atom is -0.467 e. The smallest absolute Gasteiger partial charge is 0.328 e. The van der Waals surface area contributed by atoms with E-state index in [4.69, 9.17) is 4.74 Å². The summed E-state index contributed by atoms with van der Waals surface area (Å²) in [5, 5.41) is 5.27. The Labute approximate surface area is 129 Å². The molecule has 118 valence electrons. The number of hydrogen-bond donors (Lipinski definition) is 2. The van der Waals surface area contributed by atoms with E-state index in [-0.39, 0.29) is 11.8 Å². The monoisotopic (exact) mass is 304 g/mol. The van der Waals surface area contributed by atoms with Crippen LogP contribution >= 0.6 is 0 Å². The number of benzene rings is 1. The predicted octanol–water partition coefficient (Wildman–Crippen LogP) is 0.474. The molecule has 2 amide bonds. The fraction of sp³-hybridized carbons (Fsp3) is 0.438. The van der Waals surface area contributed by atoms with Crippen molar-refractivity contribution in [1.29, 1.82) is 0 Å². The Bertz CT molecular complexity index is 585. The van der Waals surface area contributed by atoms with Gasteiger partial charge in [0.05, 0.1) is 7.11 Å². The van der Waals surface area contributed by atoms with Crippen LogP contribution in [0.2, 0.25) is 0 Å². The van der Waals surface area contributed by atoms with Crippen molar-refractivity contribution in [2.45, 2.75) is 38.3 Å². The number of carbonyl (C=O) groups is 3. The molecule has 0 saturated carbocycles. The number of aryl methyl sites for hydroxylation is 1. The molecule has 6 heteroatoms. The van der Waals surface area contributed by atoms with Crippen molar-refractivity contribution in [3.05, 3.63) is 35.4 Å². The summed E-state index contributed by atoms with van der Waals surface area (Å²) in [5.74, 6) is -0.996. The fourth-order valence-electron chi connectivity index (χ4n) is 2.48. The maximum absolute atomic E-state index is 12.2. The third-order valence-corrected chi connectivity index (χ3v) is 3.80. The number of methoxy groups -OCH3 is 1. The topological polar surface area (TPSA) is 84.5 Å². The molecule has 1 fully saturated rings. The van der Waals surface area contributed by atoms with Crippen molar-refractivity contribution in [1.82, 2.24) is 10.6 Å². The molecular weight excluding hydrogens is 284 g/mol. The van der Waals surface area contributed by atoms with E-state index in [9.17, 15) is 14.4 Å². The summed E-state index contributed by atoms with van der Waals surface area (Å²) in [6.45, 7) is 1.95. The van der Waals surface area contributed by atoms with E-state index in [1.807, 2.05) is 31.2 Å². The van der Waals surface area contributed by atoms with Gasteiger partial charge in [-0.15, -0.1) is 0 Å². The summed E-state index contributed by atoms with van der Waals surface area (Å²) >= 11 is 0. The fourth-order valence-corrected chi connectivity index (χ4v) is 2.48. The van der Waals surface area contributed by atoms with Gasteiger partial charge < -0.3 is 15.4 Å². The molecule has 1 aliphatic heterocycles. The second-order valence-electron chi connectivity index (χ2n) is 5.37. The van der Waals surface area contributed by atoms with E-state index in [1.165, 1.54) is 7.11 Å². The Morgan fingerprint density at radius 2 is 2.14 bits per heavy atom. The van der Waals surface area contributed by atoms with Crippen LogP contribution in [-0.2, 0) is 25.5 Å². The summed E-state index contributed by atoms with van der Waals surface area (Å²) in [6, 6.07) is 6.32. The molecule has 2 atom stereocenters. The second-order valence-corrected chi connectivity index (χ2v) is 5.37. The van der Waals surface area contributed by atoms with Crippen molar-refractivity contribution < 1.29 is 19.1 Å². The van der Waals surface area contributed by atoms with E-state index in [0.717, 1.165) is 11.1 Å². The van der Waals surface area contributed by atoms with Crippen LogP contribution in [-0.4, -0.2) is 37.0 Å². The normalized spacial score (nSPS) is 18.5. The van der Waals surface area contributed by atoms with Gasteiger partial charge in [0.25, 0.3) is 0 Å². The standard InChI is InChI=1S/C16H20N2O4/c1-10-5-3-4-6-11(10)9-13(16(21)22-2)18-15(20)12-7-8-14(19)17-12/h3-6,12-13H,7-9H2,1-2H3,(H,17,19)(H,18,20)/t12-,13+/m1/s1. The highest BCUT2D eigenvalue weighted by molar-refractivity contribution is 5.93. The third kappa shape index (κ3) is 3.84. The zero-order valence-corrected chi connectivity index (χ0v) is 12.7. The Morgan fingerprint density at radius 3 is 2.73 bits per heavy atom. The van der Waals surface area contributed by atoms with Crippen molar-refractivity contribution in [2.75, 3.05) is 7.11 Å². The van der Waals surface area contributed by atoms with Crippen LogP contribution in [0.3, 0.4) is 0 Å². The molecule has 0 aliphatic carbocycles. The molecule has 2 N–H and O–H groups in total. The van der Waals surface area contributed by atoms with E-state index >= 15 is 0 Å². The molecule has 1 saturated heterocycles. The third-order valence-electron chi connectivity index (χ3n) is 3.80. The quantitative estimate of drug-likeness (QED) is 0.775. The minimum atomic E-state index is -0.767. The maximum atomic E-state index is 12.2. The highest BCUT2D eigenvalue weighted by atomic mass is 16.5. The highest BCUT2D eigenvalue weighted by Gasteiger charge is 2.31. The lowest BCUT2D eigenvalue weighted by Gasteiger charge is -2.19. The number of nitrogens with one attached hydrogen (secondary N) is 2. The molecule has 1 aromatic rings. The van der Waals surface area contributed by atoms with E-state index in [1.54, 1.807) is 0 Å². The number of rotatable bonds is 5. The summed E-state index contributed by atoms with van der Waals surface area (Å²) < 4.78 is 4.77. The van der Waals surface area contributed by atoms with Gasteiger partial charge in [-0.1, -0.05) is 24.3 Å². The van der Waals surface area contributed by atoms with Gasteiger partial charge in [-0.3, -0.25) is 9.59 Å². The molecule has 6 nitrogen and oxygen atoms in total. The zero-order valence-electron chi connectivity index (χ0n) is 12.7. The van der Waals surface area contributed by atoms with Gasteiger partial charge in [-0.2, -0.15) is 0 Å². The first-order valence-corrected chi connectivity index (χ1v) is 7.23. The van der Waals surface area contributed by atoms with Crippen LogP contribution in [0.4, 0.5) is 0 Å². The van der Waals surface area contributed by atoms with Crippen LogP contribution in [0.15, 0.2) is 24.3 Å². The van der Waals surface area contributed by atoms with Crippen molar-refractivity contribution in [3.8, 4) is 0 Å². The number of carbonyl (C=O) groups excluding carboxylic acids is 3. The van der Waals surface area contributed by atoms with Gasteiger partial charge in [0.2, 0.25) is 11.8 Å². The summed E-state index contributed by atoms with van der Waals surface area (Å²) in [4.78, 5) is 35.3. The molecule has 0 spiro atoms. The SMILES string of the molecule is COC(=O)[C@H](Cc1ccccc1C)NC(=O)[C@H]1CCC(=O)N1. The molecule has 0 unspecified atom stereocenters. The largest absolute Gasteiger partial charge is 0.467 e. The molecule has 1 heterocycles. The van der Waals surface area contributed by atoms with E-state index < -0.39 is 18.1 Å². The molecule has 0 radical (unpaired) electrons. The molecule has 22 heavy (non-hydrogen) atoms. The first-order valence-electron chi connectivity index (χ1n) is 7.23. The maximum Gasteiger partial charge on any atom is 0.328 e. The van der Waals surface area contributed by atoms with Crippen molar-refractivity contribution in [3.63, 3.8) is 0 Å². The molecule has 2 rings (SSSR count). The van der Waals surface area contributed by atoms with Gasteiger partial charge >= 0.3 is 5.97 Å². The van der Waals surface area contributed by atoms with Crippen LogP contribution < -0.4 is 10.6 Å². The van der Waals surface area contributed by atoms with Crippen LogP contribution in [0, 0.1) is 6.92 Å². The Hall–Kier alpha value is -2.37. The number of esters is 1. The minimum absolute atomic E-state index is 0.145. The Morgan fingerprint density at radius 1 is 1.41 bits per heavy atom. The van der Waals surface area contributed by atoms with Crippen molar-refractivity contribution >= 4 is 17.8 Å². The van der Waals surface area contributed by atoms with E-state index in [0.29, 0.717) is 19.3 Å². The summed E-state index contributed by atoms with van der Waals surface area (Å²) in [7, 11) is 1.29. The predicted molar refractivity (Wildman–Crippen MR) is 80.0 cm³/mol. The second kappa shape index (κ2) is 7.06. The first kappa shape index (κ1) is 16.0. The number of ether oxygens (including phenoxy) is 1. The zero-order chi connectivity index (χ0) is 16.1. The Kier molecular flexibility index (Phi) is 5.14. The first-order chi connectivity index (χ1) is 10.5. The van der Waals surface area contributed by atoms with E-state index in [2.05, 4.69) is 10.6 Å². The van der Waals surface area contributed by atoms with Crippen LogP contribution in [0.25, 0.3) is 0 Å².